The standard InChI is InChI=1S/C13H15FO2/c1-6-7(2)12(10(5)16)13(14)8(3)11(6)9(4)15/h15-16H,4-5H2,1-3H3. The Hall–Kier alpha value is -1.77. The van der Waals surface area contributed by atoms with Gasteiger partial charge in [0.1, 0.15) is 17.3 Å². The smallest absolute Gasteiger partial charge is 0.138 e. The second-order valence-electron chi connectivity index (χ2n) is 3.83. The fourth-order valence-corrected chi connectivity index (χ4v) is 1.89. The first-order chi connectivity index (χ1) is 7.29. The minimum Gasteiger partial charge on any atom is -0.508 e. The quantitative estimate of drug-likeness (QED) is 0.747. The summed E-state index contributed by atoms with van der Waals surface area (Å²) in [5.41, 5.74) is 2.00. The molecule has 1 aromatic carbocycles. The van der Waals surface area contributed by atoms with Crippen LogP contribution in [-0.2, 0) is 0 Å². The summed E-state index contributed by atoms with van der Waals surface area (Å²) in [5.74, 6) is -1.05. The summed E-state index contributed by atoms with van der Waals surface area (Å²) in [6, 6.07) is 0. The van der Waals surface area contributed by atoms with E-state index in [1.807, 2.05) is 0 Å². The molecule has 0 aromatic heterocycles. The van der Waals surface area contributed by atoms with Crippen LogP contribution in [-0.4, -0.2) is 10.2 Å². The van der Waals surface area contributed by atoms with Gasteiger partial charge in [0.15, 0.2) is 0 Å². The van der Waals surface area contributed by atoms with E-state index in [-0.39, 0.29) is 22.6 Å². The van der Waals surface area contributed by atoms with E-state index in [9.17, 15) is 14.6 Å². The summed E-state index contributed by atoms with van der Waals surface area (Å²) >= 11 is 0. The van der Waals surface area contributed by atoms with Crippen molar-refractivity contribution in [1.29, 1.82) is 0 Å². The number of aliphatic hydroxyl groups excluding tert-OH is 2. The molecule has 1 rings (SSSR count). The van der Waals surface area contributed by atoms with Crippen LogP contribution < -0.4 is 0 Å². The Morgan fingerprint density at radius 3 is 1.62 bits per heavy atom. The average Bonchev–Trinajstić information content (AvgIpc) is 2.14. The molecule has 0 fully saturated rings. The van der Waals surface area contributed by atoms with Gasteiger partial charge < -0.3 is 10.2 Å². The number of rotatable bonds is 2. The Kier molecular flexibility index (Phi) is 3.08. The summed E-state index contributed by atoms with van der Waals surface area (Å²) in [7, 11) is 0. The Labute approximate surface area is 94.4 Å². The van der Waals surface area contributed by atoms with Crippen molar-refractivity contribution in [2.75, 3.05) is 0 Å². The zero-order chi connectivity index (χ0) is 12.6. The van der Waals surface area contributed by atoms with Gasteiger partial charge in [0, 0.05) is 5.56 Å². The molecule has 2 nitrogen and oxygen atoms in total. The van der Waals surface area contributed by atoms with Crippen molar-refractivity contribution >= 4 is 11.5 Å². The Balaban J connectivity index is 3.77. The van der Waals surface area contributed by atoms with Gasteiger partial charge >= 0.3 is 0 Å². The number of benzene rings is 1. The molecule has 0 unspecified atom stereocenters. The first kappa shape index (κ1) is 12.3. The number of hydrogen-bond acceptors (Lipinski definition) is 2. The SMILES string of the molecule is C=C(O)c1c(C)c(C)c(C(=C)O)c(F)c1C. The zero-order valence-electron chi connectivity index (χ0n) is 9.69. The topological polar surface area (TPSA) is 40.5 Å². The van der Waals surface area contributed by atoms with Crippen LogP contribution in [0.25, 0.3) is 11.5 Å². The molecule has 0 atom stereocenters. The van der Waals surface area contributed by atoms with Gasteiger partial charge in [-0.1, -0.05) is 13.2 Å². The molecule has 0 bridgehead atoms. The maximum Gasteiger partial charge on any atom is 0.138 e. The largest absolute Gasteiger partial charge is 0.508 e. The second-order valence-corrected chi connectivity index (χ2v) is 3.83. The molecule has 0 spiro atoms. The summed E-state index contributed by atoms with van der Waals surface area (Å²) in [6.45, 7) is 11.7. The van der Waals surface area contributed by atoms with Crippen molar-refractivity contribution in [2.45, 2.75) is 20.8 Å². The van der Waals surface area contributed by atoms with Gasteiger partial charge in [0.2, 0.25) is 0 Å². The third-order valence-corrected chi connectivity index (χ3v) is 2.81. The molecule has 86 valence electrons. The highest BCUT2D eigenvalue weighted by molar-refractivity contribution is 5.71. The molecule has 3 heteroatoms. The van der Waals surface area contributed by atoms with E-state index in [4.69, 9.17) is 0 Å². The van der Waals surface area contributed by atoms with Gasteiger partial charge in [0.25, 0.3) is 0 Å². The fraction of sp³-hybridized carbons (Fsp3) is 0.231. The maximum atomic E-state index is 13.9. The average molecular weight is 222 g/mol. The minimum atomic E-state index is -0.569. The van der Waals surface area contributed by atoms with Crippen LogP contribution in [0.1, 0.15) is 27.8 Å². The summed E-state index contributed by atoms with van der Waals surface area (Å²) in [4.78, 5) is 0. The highest BCUT2D eigenvalue weighted by Gasteiger charge is 2.20. The van der Waals surface area contributed by atoms with Crippen molar-refractivity contribution in [2.24, 2.45) is 0 Å². The molecule has 0 saturated carbocycles. The van der Waals surface area contributed by atoms with Gasteiger partial charge in [-0.15, -0.1) is 0 Å². The van der Waals surface area contributed by atoms with Crippen LogP contribution in [0.4, 0.5) is 4.39 Å². The molecule has 16 heavy (non-hydrogen) atoms. The van der Waals surface area contributed by atoms with E-state index < -0.39 is 5.82 Å². The summed E-state index contributed by atoms with van der Waals surface area (Å²) in [6.07, 6.45) is 0. The number of halogens is 1. The Morgan fingerprint density at radius 2 is 1.25 bits per heavy atom. The predicted octanol–water partition coefficient (Wildman–Crippen LogP) is 3.81. The van der Waals surface area contributed by atoms with Crippen molar-refractivity contribution in [3.63, 3.8) is 0 Å². The second kappa shape index (κ2) is 4.00. The molecular weight excluding hydrogens is 207 g/mol. The first-order valence-electron chi connectivity index (χ1n) is 4.84. The zero-order valence-corrected chi connectivity index (χ0v) is 9.69. The van der Waals surface area contributed by atoms with Gasteiger partial charge in [-0.2, -0.15) is 0 Å². The first-order valence-corrected chi connectivity index (χ1v) is 4.84. The van der Waals surface area contributed by atoms with Crippen LogP contribution in [0.2, 0.25) is 0 Å². The van der Waals surface area contributed by atoms with Crippen LogP contribution in [0.3, 0.4) is 0 Å². The lowest BCUT2D eigenvalue weighted by atomic mass is 9.91. The van der Waals surface area contributed by atoms with Crippen molar-refractivity contribution in [3.8, 4) is 0 Å². The molecule has 0 aliphatic heterocycles. The van der Waals surface area contributed by atoms with Gasteiger partial charge in [0.05, 0.1) is 5.56 Å². The summed E-state index contributed by atoms with van der Waals surface area (Å²) < 4.78 is 13.9. The third kappa shape index (κ3) is 1.69. The lowest BCUT2D eigenvalue weighted by Crippen LogP contribution is -2.04. The fourth-order valence-electron chi connectivity index (χ4n) is 1.89. The van der Waals surface area contributed by atoms with Gasteiger partial charge in [-0.05, 0) is 37.5 Å². The van der Waals surface area contributed by atoms with Crippen LogP contribution in [0, 0.1) is 26.6 Å². The monoisotopic (exact) mass is 222 g/mol. The number of hydrogen-bond donors (Lipinski definition) is 2. The van der Waals surface area contributed by atoms with Crippen molar-refractivity contribution < 1.29 is 14.6 Å². The molecular formula is C13H15FO2. The normalized spacial score (nSPS) is 10.2. The lowest BCUT2D eigenvalue weighted by Gasteiger charge is -2.16. The van der Waals surface area contributed by atoms with Crippen LogP contribution >= 0.6 is 0 Å². The molecule has 0 heterocycles. The van der Waals surface area contributed by atoms with E-state index in [2.05, 4.69) is 13.2 Å². The van der Waals surface area contributed by atoms with E-state index in [1.165, 1.54) is 6.92 Å². The Morgan fingerprint density at radius 1 is 0.875 bits per heavy atom. The van der Waals surface area contributed by atoms with Crippen LogP contribution in [0.15, 0.2) is 13.2 Å². The predicted molar refractivity (Wildman–Crippen MR) is 63.9 cm³/mol. The molecule has 0 aliphatic carbocycles. The van der Waals surface area contributed by atoms with Crippen molar-refractivity contribution in [1.82, 2.24) is 0 Å². The summed E-state index contributed by atoms with van der Waals surface area (Å²) in [5, 5.41) is 18.8. The van der Waals surface area contributed by atoms with Gasteiger partial charge in [-0.25, -0.2) is 4.39 Å². The van der Waals surface area contributed by atoms with E-state index in [0.717, 1.165) is 0 Å². The van der Waals surface area contributed by atoms with Crippen LogP contribution in [0.5, 0.6) is 0 Å². The molecule has 2 N–H and O–H groups in total. The lowest BCUT2D eigenvalue weighted by molar-refractivity contribution is 0.498. The van der Waals surface area contributed by atoms with E-state index in [0.29, 0.717) is 16.7 Å². The third-order valence-electron chi connectivity index (χ3n) is 2.81. The highest BCUT2D eigenvalue weighted by Crippen LogP contribution is 2.31. The van der Waals surface area contributed by atoms with E-state index >= 15 is 0 Å². The molecule has 1 aromatic rings. The molecule has 0 radical (unpaired) electrons. The van der Waals surface area contributed by atoms with E-state index in [1.54, 1.807) is 13.8 Å². The minimum absolute atomic E-state index is 0.0972. The maximum absolute atomic E-state index is 13.9. The highest BCUT2D eigenvalue weighted by atomic mass is 19.1. The van der Waals surface area contributed by atoms with Gasteiger partial charge in [-0.3, -0.25) is 0 Å². The Bertz CT molecular complexity index is 413. The number of aliphatic hydroxyl groups is 2. The molecule has 0 saturated heterocycles. The molecule has 0 amide bonds. The van der Waals surface area contributed by atoms with Crippen molar-refractivity contribution in [3.05, 3.63) is 46.8 Å². The molecule has 0 aliphatic rings.